The summed E-state index contributed by atoms with van der Waals surface area (Å²) in [5.74, 6) is -0.871. The van der Waals surface area contributed by atoms with Gasteiger partial charge in [0.05, 0.1) is 13.0 Å². The van der Waals surface area contributed by atoms with Crippen molar-refractivity contribution in [3.8, 4) is 5.75 Å². The first kappa shape index (κ1) is 18.4. The number of carboxylic acid groups (broad SMARTS) is 1. The average Bonchev–Trinajstić information content (AvgIpc) is 3.22. The van der Waals surface area contributed by atoms with Crippen LogP contribution in [0.2, 0.25) is 0 Å². The number of aromatic nitrogens is 2. The fourth-order valence-electron chi connectivity index (χ4n) is 2.94. The highest BCUT2D eigenvalue weighted by molar-refractivity contribution is 5.96. The molecule has 27 heavy (non-hydrogen) atoms. The van der Waals surface area contributed by atoms with Gasteiger partial charge in [0.15, 0.2) is 5.82 Å². The predicted molar refractivity (Wildman–Crippen MR) is 95.0 cm³/mol. The van der Waals surface area contributed by atoms with Crippen LogP contribution >= 0.6 is 0 Å². The molecule has 9 nitrogen and oxygen atoms in total. The number of nitrogens with zero attached hydrogens (tertiary/aromatic N) is 3. The number of rotatable bonds is 7. The monoisotopic (exact) mass is 372 g/mol. The second kappa shape index (κ2) is 7.90. The molecule has 1 aromatic heterocycles. The van der Waals surface area contributed by atoms with Crippen LogP contribution in [0.4, 0.5) is 5.82 Å². The van der Waals surface area contributed by atoms with Crippen molar-refractivity contribution in [1.82, 2.24) is 14.7 Å². The first-order valence-electron chi connectivity index (χ1n) is 8.41. The zero-order chi connectivity index (χ0) is 19.4. The van der Waals surface area contributed by atoms with Crippen LogP contribution in [-0.2, 0) is 27.5 Å². The Balaban J connectivity index is 1.56. The van der Waals surface area contributed by atoms with E-state index in [1.165, 1.54) is 16.9 Å². The Labute approximate surface area is 155 Å². The molecule has 1 aliphatic rings. The van der Waals surface area contributed by atoms with Crippen molar-refractivity contribution in [2.45, 2.75) is 19.5 Å². The Morgan fingerprint density at radius 1 is 1.30 bits per heavy atom. The topological polar surface area (TPSA) is 114 Å². The summed E-state index contributed by atoms with van der Waals surface area (Å²) in [4.78, 5) is 36.9. The molecule has 9 heteroatoms. The van der Waals surface area contributed by atoms with Crippen LogP contribution in [0.25, 0.3) is 0 Å². The molecule has 0 unspecified atom stereocenters. The number of anilines is 1. The third-order valence-electron chi connectivity index (χ3n) is 4.31. The summed E-state index contributed by atoms with van der Waals surface area (Å²) in [7, 11) is 1.59. The van der Waals surface area contributed by atoms with Crippen LogP contribution in [0.5, 0.6) is 5.75 Å². The zero-order valence-electron chi connectivity index (χ0n) is 14.8. The molecule has 1 atom stereocenters. The molecule has 3 rings (SSSR count). The van der Waals surface area contributed by atoms with Crippen molar-refractivity contribution >= 4 is 23.6 Å². The number of carboxylic acids is 1. The van der Waals surface area contributed by atoms with Crippen molar-refractivity contribution < 1.29 is 24.2 Å². The third-order valence-corrected chi connectivity index (χ3v) is 4.31. The van der Waals surface area contributed by atoms with Crippen LogP contribution < -0.4 is 10.1 Å². The Morgan fingerprint density at radius 2 is 2.04 bits per heavy atom. The van der Waals surface area contributed by atoms with E-state index in [1.807, 2.05) is 24.3 Å². The number of hydrogen-bond donors (Lipinski definition) is 2. The molecule has 2 N–H and O–H groups in total. The molecule has 1 aromatic carbocycles. The van der Waals surface area contributed by atoms with E-state index < -0.39 is 11.9 Å². The second-order valence-corrected chi connectivity index (χ2v) is 6.30. The van der Waals surface area contributed by atoms with E-state index in [1.54, 1.807) is 12.0 Å². The largest absolute Gasteiger partial charge is 0.497 e. The molecule has 142 valence electrons. The minimum absolute atomic E-state index is 0.0811. The molecule has 0 aliphatic carbocycles. The summed E-state index contributed by atoms with van der Waals surface area (Å²) in [6.07, 6.45) is 1.61. The lowest BCUT2D eigenvalue weighted by Gasteiger charge is -2.16. The number of hydrogen-bond acceptors (Lipinski definition) is 5. The van der Waals surface area contributed by atoms with E-state index >= 15 is 0 Å². The highest BCUT2D eigenvalue weighted by atomic mass is 16.5. The Hall–Kier alpha value is -3.36. The minimum atomic E-state index is -1.02. The highest BCUT2D eigenvalue weighted by Crippen LogP contribution is 2.22. The molecular weight excluding hydrogens is 352 g/mol. The van der Waals surface area contributed by atoms with Gasteiger partial charge >= 0.3 is 5.97 Å². The summed E-state index contributed by atoms with van der Waals surface area (Å²) in [5, 5.41) is 15.4. The van der Waals surface area contributed by atoms with Crippen molar-refractivity contribution in [2.75, 3.05) is 19.0 Å². The van der Waals surface area contributed by atoms with E-state index in [-0.39, 0.29) is 30.6 Å². The lowest BCUT2D eigenvalue weighted by molar-refractivity contribution is -0.138. The lowest BCUT2D eigenvalue weighted by atomic mass is 10.1. The fourth-order valence-corrected chi connectivity index (χ4v) is 2.94. The van der Waals surface area contributed by atoms with Gasteiger partial charge in [0.2, 0.25) is 11.8 Å². The predicted octanol–water partition coefficient (Wildman–Crippen LogP) is 0.963. The Bertz CT molecular complexity index is 846. The van der Waals surface area contributed by atoms with Gasteiger partial charge in [0.25, 0.3) is 0 Å². The van der Waals surface area contributed by atoms with Gasteiger partial charge in [0, 0.05) is 31.8 Å². The quantitative estimate of drug-likeness (QED) is 0.748. The van der Waals surface area contributed by atoms with Crippen LogP contribution in [-0.4, -0.2) is 51.2 Å². The smallest absolute Gasteiger partial charge is 0.325 e. The maximum Gasteiger partial charge on any atom is 0.325 e. The first-order valence-corrected chi connectivity index (χ1v) is 8.41. The molecule has 1 fully saturated rings. The molecule has 2 heterocycles. The maximum absolute atomic E-state index is 12.4. The van der Waals surface area contributed by atoms with Crippen molar-refractivity contribution in [3.05, 3.63) is 42.1 Å². The average molecular weight is 372 g/mol. The third kappa shape index (κ3) is 4.63. The number of amides is 2. The molecule has 1 aliphatic heterocycles. The second-order valence-electron chi connectivity index (χ2n) is 6.30. The first-order chi connectivity index (χ1) is 12.9. The van der Waals surface area contributed by atoms with Gasteiger partial charge in [-0.05, 0) is 17.7 Å². The van der Waals surface area contributed by atoms with Crippen molar-refractivity contribution in [1.29, 1.82) is 0 Å². The van der Waals surface area contributed by atoms with E-state index in [4.69, 9.17) is 9.84 Å². The van der Waals surface area contributed by atoms with Gasteiger partial charge in [0.1, 0.15) is 12.3 Å². The number of carbonyl (C=O) groups excluding carboxylic acids is 2. The number of likely N-dealkylation sites (tertiary alicyclic amines) is 1. The van der Waals surface area contributed by atoms with Gasteiger partial charge < -0.3 is 20.1 Å². The summed E-state index contributed by atoms with van der Waals surface area (Å²) in [6.45, 7) is 0.472. The van der Waals surface area contributed by atoms with Crippen LogP contribution in [0.1, 0.15) is 12.0 Å². The number of methoxy groups -OCH3 is 1. The number of benzene rings is 1. The number of carbonyl (C=O) groups is 3. The molecule has 0 spiro atoms. The van der Waals surface area contributed by atoms with Crippen molar-refractivity contribution in [3.63, 3.8) is 0 Å². The molecule has 0 saturated carbocycles. The maximum atomic E-state index is 12.4. The van der Waals surface area contributed by atoms with Gasteiger partial charge in [-0.2, -0.15) is 5.10 Å². The van der Waals surface area contributed by atoms with Crippen LogP contribution in [0, 0.1) is 5.92 Å². The summed E-state index contributed by atoms with van der Waals surface area (Å²) in [6, 6.07) is 8.94. The van der Waals surface area contributed by atoms with E-state index in [9.17, 15) is 14.4 Å². The standard InChI is InChI=1S/C18H20N4O5/c1-27-14-4-2-12(3-5-14)9-21-10-13(8-16(21)23)18(26)19-15-6-7-22(20-15)11-17(24)25/h2-7,13H,8-11H2,1H3,(H,24,25)(H,19,20,26)/t13-/m0/s1. The van der Waals surface area contributed by atoms with Crippen LogP contribution in [0.3, 0.4) is 0 Å². The number of nitrogens with one attached hydrogen (secondary N) is 1. The van der Waals surface area contributed by atoms with Crippen molar-refractivity contribution in [2.24, 2.45) is 5.92 Å². The lowest BCUT2D eigenvalue weighted by Crippen LogP contribution is -2.28. The van der Waals surface area contributed by atoms with Crippen LogP contribution in [0.15, 0.2) is 36.5 Å². The van der Waals surface area contributed by atoms with Gasteiger partial charge in [-0.25, -0.2) is 0 Å². The highest BCUT2D eigenvalue weighted by Gasteiger charge is 2.34. The van der Waals surface area contributed by atoms with E-state index in [2.05, 4.69) is 10.4 Å². The van der Waals surface area contributed by atoms with E-state index in [0.29, 0.717) is 13.1 Å². The molecule has 0 radical (unpaired) electrons. The minimum Gasteiger partial charge on any atom is -0.497 e. The molecule has 2 aromatic rings. The SMILES string of the molecule is COc1ccc(CN2C[C@@H](C(=O)Nc3ccn(CC(=O)O)n3)CC2=O)cc1. The summed E-state index contributed by atoms with van der Waals surface area (Å²) < 4.78 is 6.33. The number of ether oxygens (including phenoxy) is 1. The van der Waals surface area contributed by atoms with Gasteiger partial charge in [-0.3, -0.25) is 19.1 Å². The normalized spacial score (nSPS) is 16.4. The summed E-state index contributed by atoms with van der Waals surface area (Å²) in [5.41, 5.74) is 0.956. The summed E-state index contributed by atoms with van der Waals surface area (Å²) >= 11 is 0. The molecule has 2 amide bonds. The van der Waals surface area contributed by atoms with E-state index in [0.717, 1.165) is 11.3 Å². The molecule has 1 saturated heterocycles. The van der Waals surface area contributed by atoms with Gasteiger partial charge in [-0.15, -0.1) is 0 Å². The Kier molecular flexibility index (Phi) is 5.39. The number of aliphatic carboxylic acids is 1. The molecular formula is C18H20N4O5. The zero-order valence-corrected chi connectivity index (χ0v) is 14.8. The Morgan fingerprint density at radius 3 is 2.70 bits per heavy atom. The molecule has 0 bridgehead atoms. The van der Waals surface area contributed by atoms with Gasteiger partial charge in [-0.1, -0.05) is 12.1 Å². The fraction of sp³-hybridized carbons (Fsp3) is 0.333.